The second kappa shape index (κ2) is 6.32. The number of ether oxygens (including phenoxy) is 1. The maximum atomic E-state index is 12.0. The number of hydrogen-bond acceptors (Lipinski definition) is 5. The summed E-state index contributed by atoms with van der Waals surface area (Å²) in [6.45, 7) is 1.77. The third-order valence-electron chi connectivity index (χ3n) is 2.67. The van der Waals surface area contributed by atoms with Gasteiger partial charge in [-0.3, -0.25) is 4.79 Å². The van der Waals surface area contributed by atoms with Crippen LogP contribution in [0.4, 0.5) is 5.69 Å². The molecule has 1 aromatic heterocycles. The fraction of sp³-hybridized carbons (Fsp3) is 0.143. The molecule has 1 amide bonds. The number of amides is 1. The van der Waals surface area contributed by atoms with Crippen molar-refractivity contribution in [2.75, 3.05) is 12.4 Å². The molecular formula is C14H12ClN3O3. The number of nitrogens with zero attached hydrogens (tertiary/aromatic N) is 2. The van der Waals surface area contributed by atoms with E-state index in [1.54, 1.807) is 19.1 Å². The lowest BCUT2D eigenvalue weighted by Crippen LogP contribution is -2.15. The van der Waals surface area contributed by atoms with Gasteiger partial charge in [-0.1, -0.05) is 11.6 Å². The number of nitrogens with one attached hydrogen (secondary N) is 1. The molecule has 21 heavy (non-hydrogen) atoms. The Hall–Kier alpha value is -2.47. The Labute approximate surface area is 126 Å². The summed E-state index contributed by atoms with van der Waals surface area (Å²) in [7, 11) is 1.27. The molecule has 0 bridgehead atoms. The number of esters is 1. The first kappa shape index (κ1) is 14.9. The number of aromatic nitrogens is 2. The summed E-state index contributed by atoms with van der Waals surface area (Å²) >= 11 is 6.00. The van der Waals surface area contributed by atoms with Crippen molar-refractivity contribution >= 4 is 29.2 Å². The lowest BCUT2D eigenvalue weighted by Gasteiger charge is -2.08. The third-order valence-corrected chi connectivity index (χ3v) is 3.00. The standard InChI is InChI=1S/C14H12ClN3O3/c1-8-3-6-11(18-17-8)13(19)16-12-7-9(14(20)21-2)4-5-10(12)15/h3-7H,1-2H3,(H,16,19). The van der Waals surface area contributed by atoms with Crippen molar-refractivity contribution in [3.05, 3.63) is 52.3 Å². The van der Waals surface area contributed by atoms with Crippen LogP contribution in [0.3, 0.4) is 0 Å². The van der Waals surface area contributed by atoms with Gasteiger partial charge in [-0.05, 0) is 37.3 Å². The lowest BCUT2D eigenvalue weighted by atomic mass is 10.2. The highest BCUT2D eigenvalue weighted by Gasteiger charge is 2.13. The Morgan fingerprint density at radius 1 is 1.19 bits per heavy atom. The molecule has 0 saturated carbocycles. The maximum Gasteiger partial charge on any atom is 0.337 e. The van der Waals surface area contributed by atoms with Crippen molar-refractivity contribution in [2.45, 2.75) is 6.92 Å². The number of aryl methyl sites for hydroxylation is 1. The zero-order valence-corrected chi connectivity index (χ0v) is 12.1. The number of hydrogen-bond donors (Lipinski definition) is 1. The highest BCUT2D eigenvalue weighted by Crippen LogP contribution is 2.23. The quantitative estimate of drug-likeness (QED) is 0.881. The molecule has 108 valence electrons. The van der Waals surface area contributed by atoms with Crippen LogP contribution in [0.5, 0.6) is 0 Å². The van der Waals surface area contributed by atoms with Crippen LogP contribution in [-0.2, 0) is 4.74 Å². The molecule has 1 aromatic carbocycles. The number of benzene rings is 1. The van der Waals surface area contributed by atoms with Gasteiger partial charge >= 0.3 is 5.97 Å². The first-order chi connectivity index (χ1) is 10.0. The van der Waals surface area contributed by atoms with Gasteiger partial charge in [0.25, 0.3) is 5.91 Å². The van der Waals surface area contributed by atoms with Gasteiger partial charge in [0, 0.05) is 0 Å². The second-order valence-corrected chi connectivity index (χ2v) is 4.61. The number of methoxy groups -OCH3 is 1. The van der Waals surface area contributed by atoms with Crippen LogP contribution in [0.1, 0.15) is 26.5 Å². The molecule has 7 heteroatoms. The molecule has 1 N–H and O–H groups in total. The van der Waals surface area contributed by atoms with Crippen molar-refractivity contribution in [2.24, 2.45) is 0 Å². The molecule has 0 atom stereocenters. The largest absolute Gasteiger partial charge is 0.465 e. The first-order valence-electron chi connectivity index (χ1n) is 6.01. The molecule has 2 aromatic rings. The molecule has 6 nitrogen and oxygen atoms in total. The van der Waals surface area contributed by atoms with Crippen molar-refractivity contribution in [1.29, 1.82) is 0 Å². The number of halogens is 1. The van der Waals surface area contributed by atoms with E-state index in [0.717, 1.165) is 0 Å². The highest BCUT2D eigenvalue weighted by atomic mass is 35.5. The minimum absolute atomic E-state index is 0.153. The Kier molecular flexibility index (Phi) is 4.49. The minimum Gasteiger partial charge on any atom is -0.465 e. The Balaban J connectivity index is 2.24. The lowest BCUT2D eigenvalue weighted by molar-refractivity contribution is 0.0600. The van der Waals surface area contributed by atoms with E-state index in [2.05, 4.69) is 20.3 Å². The smallest absolute Gasteiger partial charge is 0.337 e. The zero-order valence-electron chi connectivity index (χ0n) is 11.4. The fourth-order valence-corrected chi connectivity index (χ4v) is 1.74. The van der Waals surface area contributed by atoms with E-state index in [1.807, 2.05) is 0 Å². The van der Waals surface area contributed by atoms with Gasteiger partial charge in [0.2, 0.25) is 0 Å². The molecule has 0 fully saturated rings. The Morgan fingerprint density at radius 2 is 1.95 bits per heavy atom. The van der Waals surface area contributed by atoms with E-state index in [-0.39, 0.29) is 11.3 Å². The number of carbonyl (C=O) groups excluding carboxylic acids is 2. The average molecular weight is 306 g/mol. The molecule has 0 unspecified atom stereocenters. The summed E-state index contributed by atoms with van der Waals surface area (Å²) in [5, 5.41) is 10.5. The van der Waals surface area contributed by atoms with Crippen LogP contribution < -0.4 is 5.32 Å². The zero-order chi connectivity index (χ0) is 15.4. The van der Waals surface area contributed by atoms with Crippen LogP contribution >= 0.6 is 11.6 Å². The van der Waals surface area contributed by atoms with Crippen LogP contribution in [0.15, 0.2) is 30.3 Å². The summed E-state index contributed by atoms with van der Waals surface area (Å²) < 4.78 is 4.62. The summed E-state index contributed by atoms with van der Waals surface area (Å²) in [5.74, 6) is -0.983. The van der Waals surface area contributed by atoms with Crippen LogP contribution in [0, 0.1) is 6.92 Å². The Morgan fingerprint density at radius 3 is 2.57 bits per heavy atom. The molecule has 0 aliphatic carbocycles. The van der Waals surface area contributed by atoms with Gasteiger partial charge in [-0.15, -0.1) is 5.10 Å². The van der Waals surface area contributed by atoms with Gasteiger partial charge in [-0.25, -0.2) is 4.79 Å². The van der Waals surface area contributed by atoms with Crippen LogP contribution in [-0.4, -0.2) is 29.2 Å². The van der Waals surface area contributed by atoms with Crippen LogP contribution in [0.25, 0.3) is 0 Å². The summed E-state index contributed by atoms with van der Waals surface area (Å²) in [6, 6.07) is 7.68. The van der Waals surface area contributed by atoms with E-state index < -0.39 is 11.9 Å². The van der Waals surface area contributed by atoms with E-state index in [0.29, 0.717) is 16.4 Å². The molecule has 0 aliphatic rings. The van der Waals surface area contributed by atoms with Crippen LogP contribution in [0.2, 0.25) is 5.02 Å². The Bertz CT molecular complexity index is 686. The summed E-state index contributed by atoms with van der Waals surface area (Å²) in [5.41, 5.74) is 1.44. The molecule has 0 spiro atoms. The number of carbonyl (C=O) groups is 2. The summed E-state index contributed by atoms with van der Waals surface area (Å²) in [4.78, 5) is 23.5. The summed E-state index contributed by atoms with van der Waals surface area (Å²) in [6.07, 6.45) is 0. The van der Waals surface area contributed by atoms with Crippen molar-refractivity contribution < 1.29 is 14.3 Å². The molecule has 1 heterocycles. The highest BCUT2D eigenvalue weighted by molar-refractivity contribution is 6.34. The minimum atomic E-state index is -0.516. The van der Waals surface area contributed by atoms with Gasteiger partial charge < -0.3 is 10.1 Å². The number of rotatable bonds is 3. The van der Waals surface area contributed by atoms with Gasteiger partial charge in [-0.2, -0.15) is 5.10 Å². The van der Waals surface area contributed by atoms with E-state index in [1.165, 1.54) is 25.3 Å². The van der Waals surface area contributed by atoms with E-state index in [4.69, 9.17) is 11.6 Å². The monoisotopic (exact) mass is 305 g/mol. The van der Waals surface area contributed by atoms with Gasteiger partial charge in [0.05, 0.1) is 29.1 Å². The molecule has 0 aliphatic heterocycles. The fourth-order valence-electron chi connectivity index (χ4n) is 1.57. The average Bonchev–Trinajstić information content (AvgIpc) is 2.49. The van der Waals surface area contributed by atoms with Crippen molar-refractivity contribution in [3.63, 3.8) is 0 Å². The normalized spacial score (nSPS) is 10.0. The predicted octanol–water partition coefficient (Wildman–Crippen LogP) is 2.48. The maximum absolute atomic E-state index is 12.0. The molecular weight excluding hydrogens is 294 g/mol. The first-order valence-corrected chi connectivity index (χ1v) is 6.38. The molecule has 2 rings (SSSR count). The van der Waals surface area contributed by atoms with Crippen molar-refractivity contribution in [3.8, 4) is 0 Å². The second-order valence-electron chi connectivity index (χ2n) is 4.20. The van der Waals surface area contributed by atoms with E-state index >= 15 is 0 Å². The molecule has 0 radical (unpaired) electrons. The number of anilines is 1. The van der Waals surface area contributed by atoms with Crippen molar-refractivity contribution in [1.82, 2.24) is 10.2 Å². The van der Waals surface area contributed by atoms with Gasteiger partial charge in [0.1, 0.15) is 0 Å². The SMILES string of the molecule is COC(=O)c1ccc(Cl)c(NC(=O)c2ccc(C)nn2)c1. The topological polar surface area (TPSA) is 81.2 Å². The third kappa shape index (κ3) is 3.55. The predicted molar refractivity (Wildman–Crippen MR) is 77.5 cm³/mol. The molecule has 0 saturated heterocycles. The van der Waals surface area contributed by atoms with E-state index in [9.17, 15) is 9.59 Å². The van der Waals surface area contributed by atoms with Gasteiger partial charge in [0.15, 0.2) is 5.69 Å².